The van der Waals surface area contributed by atoms with E-state index < -0.39 is 0 Å². The van der Waals surface area contributed by atoms with Crippen molar-refractivity contribution in [3.63, 3.8) is 0 Å². The van der Waals surface area contributed by atoms with E-state index in [1.807, 2.05) is 0 Å². The maximum Gasteiger partial charge on any atom is 0.0201 e. The SMILES string of the molecule is CCCS(C)(C)CS. The molecule has 52 valence electrons. The molecule has 0 aliphatic carbocycles. The van der Waals surface area contributed by atoms with Gasteiger partial charge >= 0.3 is 0 Å². The molecule has 2 heteroatoms. The molecule has 0 aromatic heterocycles. The molecule has 0 nitrogen and oxygen atoms in total. The standard InChI is InChI=1S/C6H16S2/c1-4-5-8(2,3)6-7/h7H,4-6H2,1-3H3. The lowest BCUT2D eigenvalue weighted by molar-refractivity contribution is 1.10. The monoisotopic (exact) mass is 152 g/mol. The molecular weight excluding hydrogens is 136 g/mol. The molecule has 0 aliphatic rings. The van der Waals surface area contributed by atoms with Gasteiger partial charge in [-0.1, -0.05) is 6.92 Å². The van der Waals surface area contributed by atoms with Crippen LogP contribution in [0.2, 0.25) is 0 Å². The molecule has 0 saturated heterocycles. The molecule has 0 atom stereocenters. The third kappa shape index (κ3) is 3.67. The average Bonchev–Trinajstić information content (AvgIpc) is 1.67. The number of thiol groups is 1. The maximum absolute atomic E-state index is 4.27. The van der Waals surface area contributed by atoms with Crippen LogP contribution in [-0.4, -0.2) is 23.3 Å². The highest BCUT2D eigenvalue weighted by molar-refractivity contribution is 8.36. The van der Waals surface area contributed by atoms with Gasteiger partial charge in [-0.25, -0.2) is 10.0 Å². The Morgan fingerprint density at radius 3 is 2.00 bits per heavy atom. The second kappa shape index (κ2) is 3.67. The van der Waals surface area contributed by atoms with Crippen LogP contribution in [0, 0.1) is 0 Å². The van der Waals surface area contributed by atoms with Crippen molar-refractivity contribution < 1.29 is 0 Å². The van der Waals surface area contributed by atoms with Crippen LogP contribution in [-0.2, 0) is 0 Å². The fraction of sp³-hybridized carbons (Fsp3) is 1.00. The predicted molar refractivity (Wildman–Crippen MR) is 48.5 cm³/mol. The third-order valence-corrected chi connectivity index (χ3v) is 5.42. The Labute approximate surface area is 59.8 Å². The molecule has 0 unspecified atom stereocenters. The third-order valence-electron chi connectivity index (χ3n) is 1.11. The van der Waals surface area contributed by atoms with Gasteiger partial charge in [0.2, 0.25) is 0 Å². The number of rotatable bonds is 3. The molecule has 0 aromatic carbocycles. The van der Waals surface area contributed by atoms with Gasteiger partial charge in [-0.3, -0.25) is 0 Å². The molecule has 0 N–H and O–H groups in total. The van der Waals surface area contributed by atoms with Crippen molar-refractivity contribution in [1.82, 2.24) is 0 Å². The molecule has 0 amide bonds. The highest BCUT2D eigenvalue weighted by Gasteiger charge is 2.05. The molecule has 0 fully saturated rings. The highest BCUT2D eigenvalue weighted by Crippen LogP contribution is 2.40. The van der Waals surface area contributed by atoms with E-state index >= 15 is 0 Å². The van der Waals surface area contributed by atoms with Crippen molar-refractivity contribution >= 4 is 22.7 Å². The second-order valence-electron chi connectivity index (χ2n) is 2.60. The number of hydrogen-bond acceptors (Lipinski definition) is 1. The van der Waals surface area contributed by atoms with Crippen LogP contribution in [0.3, 0.4) is 0 Å². The van der Waals surface area contributed by atoms with E-state index in [1.165, 1.54) is 12.2 Å². The Bertz CT molecular complexity index is 59.5. The minimum atomic E-state index is -0.305. The van der Waals surface area contributed by atoms with E-state index in [9.17, 15) is 0 Å². The summed E-state index contributed by atoms with van der Waals surface area (Å²) in [7, 11) is -0.305. The minimum absolute atomic E-state index is 0.305. The fourth-order valence-electron chi connectivity index (χ4n) is 0.617. The topological polar surface area (TPSA) is 0 Å². The summed E-state index contributed by atoms with van der Waals surface area (Å²) in [4.78, 5) is 0. The summed E-state index contributed by atoms with van der Waals surface area (Å²) >= 11 is 4.27. The molecular formula is C6H16S2. The first-order valence-electron chi connectivity index (χ1n) is 2.92. The summed E-state index contributed by atoms with van der Waals surface area (Å²) in [6.07, 6.45) is 5.98. The van der Waals surface area contributed by atoms with Gasteiger partial charge in [0.25, 0.3) is 0 Å². The van der Waals surface area contributed by atoms with E-state index in [-0.39, 0.29) is 10.0 Å². The van der Waals surface area contributed by atoms with Crippen LogP contribution >= 0.6 is 22.7 Å². The highest BCUT2D eigenvalue weighted by atomic mass is 32.3. The maximum atomic E-state index is 4.27. The Hall–Kier alpha value is 0.700. The van der Waals surface area contributed by atoms with Crippen LogP contribution in [0.1, 0.15) is 13.3 Å². The van der Waals surface area contributed by atoms with Gasteiger partial charge in [0.15, 0.2) is 0 Å². The summed E-state index contributed by atoms with van der Waals surface area (Å²) in [6.45, 7) is 2.23. The molecule has 0 aromatic rings. The summed E-state index contributed by atoms with van der Waals surface area (Å²) < 4.78 is 0. The first-order chi connectivity index (χ1) is 3.62. The van der Waals surface area contributed by atoms with Crippen LogP contribution < -0.4 is 0 Å². The average molecular weight is 152 g/mol. The van der Waals surface area contributed by atoms with Gasteiger partial charge in [-0.2, -0.15) is 12.6 Å². The number of hydrogen-bond donors (Lipinski definition) is 1. The van der Waals surface area contributed by atoms with Crippen LogP contribution in [0.5, 0.6) is 0 Å². The van der Waals surface area contributed by atoms with Crippen LogP contribution in [0.25, 0.3) is 0 Å². The van der Waals surface area contributed by atoms with E-state index in [0.717, 1.165) is 5.08 Å². The first-order valence-corrected chi connectivity index (χ1v) is 6.34. The lowest BCUT2D eigenvalue weighted by Gasteiger charge is -2.27. The zero-order valence-corrected chi connectivity index (χ0v) is 7.69. The van der Waals surface area contributed by atoms with Gasteiger partial charge in [-0.15, -0.1) is 0 Å². The largest absolute Gasteiger partial charge is 0.238 e. The summed E-state index contributed by atoms with van der Waals surface area (Å²) in [5.74, 6) is 1.37. The van der Waals surface area contributed by atoms with Crippen molar-refractivity contribution in [3.8, 4) is 0 Å². The van der Waals surface area contributed by atoms with Crippen LogP contribution in [0.15, 0.2) is 0 Å². The molecule has 8 heavy (non-hydrogen) atoms. The molecule has 0 heterocycles. The van der Waals surface area contributed by atoms with Crippen molar-refractivity contribution in [1.29, 1.82) is 0 Å². The lowest BCUT2D eigenvalue weighted by Crippen LogP contribution is -2.00. The van der Waals surface area contributed by atoms with Crippen molar-refractivity contribution in [2.24, 2.45) is 0 Å². The van der Waals surface area contributed by atoms with Crippen molar-refractivity contribution in [2.45, 2.75) is 13.3 Å². The normalized spacial score (nSPS) is 14.0. The van der Waals surface area contributed by atoms with E-state index in [2.05, 4.69) is 32.1 Å². The van der Waals surface area contributed by atoms with Gasteiger partial charge in [0.1, 0.15) is 0 Å². The van der Waals surface area contributed by atoms with Crippen molar-refractivity contribution in [3.05, 3.63) is 0 Å². The zero-order chi connectivity index (χ0) is 6.62. The van der Waals surface area contributed by atoms with E-state index in [1.54, 1.807) is 0 Å². The lowest BCUT2D eigenvalue weighted by atomic mass is 10.6. The molecule has 0 aliphatic heterocycles. The first kappa shape index (κ1) is 8.70. The zero-order valence-electron chi connectivity index (χ0n) is 5.98. The van der Waals surface area contributed by atoms with E-state index in [4.69, 9.17) is 0 Å². The summed E-state index contributed by atoms with van der Waals surface area (Å²) in [5, 5.41) is 1.08. The van der Waals surface area contributed by atoms with Gasteiger partial charge < -0.3 is 0 Å². The van der Waals surface area contributed by atoms with Gasteiger partial charge in [0, 0.05) is 5.08 Å². The Morgan fingerprint density at radius 2 is 1.88 bits per heavy atom. The predicted octanol–water partition coefficient (Wildman–Crippen LogP) is 2.35. The summed E-state index contributed by atoms with van der Waals surface area (Å²) in [5.41, 5.74) is 0. The second-order valence-corrected chi connectivity index (χ2v) is 7.58. The molecule has 0 bridgehead atoms. The van der Waals surface area contributed by atoms with E-state index in [0.29, 0.717) is 0 Å². The molecule has 0 radical (unpaired) electrons. The Morgan fingerprint density at radius 1 is 1.38 bits per heavy atom. The summed E-state index contributed by atoms with van der Waals surface area (Å²) in [6, 6.07) is 0. The van der Waals surface area contributed by atoms with Gasteiger partial charge in [-0.05, 0) is 24.7 Å². The Balaban J connectivity index is 3.37. The fourth-order valence-corrected chi connectivity index (χ4v) is 2.24. The molecule has 0 saturated carbocycles. The molecule has 0 rings (SSSR count). The smallest absolute Gasteiger partial charge is 0.0201 e. The quantitative estimate of drug-likeness (QED) is 0.590. The van der Waals surface area contributed by atoms with Crippen molar-refractivity contribution in [2.75, 3.05) is 23.3 Å². The Kier molecular flexibility index (Phi) is 4.00. The minimum Gasteiger partial charge on any atom is -0.238 e. The molecule has 0 spiro atoms. The van der Waals surface area contributed by atoms with Crippen LogP contribution in [0.4, 0.5) is 0 Å². The van der Waals surface area contributed by atoms with Gasteiger partial charge in [0.05, 0.1) is 0 Å².